The lowest BCUT2D eigenvalue weighted by Crippen LogP contribution is -2.35. The van der Waals surface area contributed by atoms with Gasteiger partial charge in [-0.25, -0.2) is 8.42 Å². The van der Waals surface area contributed by atoms with E-state index in [1.807, 2.05) is 0 Å². The van der Waals surface area contributed by atoms with Crippen molar-refractivity contribution in [2.45, 2.75) is 24.2 Å². The fourth-order valence-corrected chi connectivity index (χ4v) is 5.37. The van der Waals surface area contributed by atoms with Crippen molar-refractivity contribution in [1.29, 1.82) is 0 Å². The summed E-state index contributed by atoms with van der Waals surface area (Å²) in [6, 6.07) is 8.41. The van der Waals surface area contributed by atoms with Crippen molar-refractivity contribution in [2.24, 2.45) is 0 Å². The van der Waals surface area contributed by atoms with Crippen molar-refractivity contribution in [3.8, 4) is 5.75 Å². The molecule has 0 saturated carbocycles. The Morgan fingerprint density at radius 3 is 2.48 bits per heavy atom. The van der Waals surface area contributed by atoms with Gasteiger partial charge in [0.1, 0.15) is 5.75 Å². The number of methoxy groups -OCH3 is 1. The minimum atomic E-state index is -3.51. The lowest BCUT2D eigenvalue weighted by Gasteiger charge is -2.25. The first kappa shape index (κ1) is 17.9. The molecule has 1 amide bonds. The number of nitrogens with zero attached hydrogens (tertiary/aromatic N) is 1. The summed E-state index contributed by atoms with van der Waals surface area (Å²) in [4.78, 5) is 12.9. The second kappa shape index (κ2) is 7.55. The molecule has 0 spiro atoms. The van der Waals surface area contributed by atoms with E-state index in [-0.39, 0.29) is 10.8 Å². The third-order valence-electron chi connectivity index (χ3n) is 4.10. The molecule has 1 aromatic carbocycles. The van der Waals surface area contributed by atoms with Crippen LogP contribution in [-0.2, 0) is 10.0 Å². The number of carbonyl (C=O) groups is 1. The Bertz CT molecular complexity index is 838. The third kappa shape index (κ3) is 4.02. The zero-order valence-electron chi connectivity index (χ0n) is 13.9. The van der Waals surface area contributed by atoms with E-state index in [0.29, 0.717) is 29.4 Å². The maximum atomic E-state index is 12.6. The van der Waals surface area contributed by atoms with E-state index >= 15 is 0 Å². The van der Waals surface area contributed by atoms with Gasteiger partial charge in [0, 0.05) is 24.2 Å². The Balaban J connectivity index is 1.72. The highest BCUT2D eigenvalue weighted by atomic mass is 32.2. The molecule has 0 aliphatic carbocycles. The van der Waals surface area contributed by atoms with Gasteiger partial charge < -0.3 is 10.1 Å². The van der Waals surface area contributed by atoms with Crippen molar-refractivity contribution in [3.63, 3.8) is 0 Å². The van der Waals surface area contributed by atoms with Gasteiger partial charge in [0.2, 0.25) is 10.0 Å². The molecule has 1 fully saturated rings. The van der Waals surface area contributed by atoms with Gasteiger partial charge in [-0.15, -0.1) is 11.3 Å². The van der Waals surface area contributed by atoms with Crippen molar-refractivity contribution < 1.29 is 17.9 Å². The van der Waals surface area contributed by atoms with Gasteiger partial charge in [-0.05, 0) is 43.2 Å². The molecule has 1 N–H and O–H groups in total. The monoisotopic (exact) mass is 380 g/mol. The standard InChI is InChI=1S/C17H20N2O4S2/c1-23-14-7-5-13(6-8-14)18-17(20)16-11-15(12-24-16)25(21,22)19-9-3-2-4-10-19/h5-8,11-12H,2-4,9-10H2,1H3,(H,18,20). The predicted octanol–water partition coefficient (Wildman–Crippen LogP) is 3.18. The van der Waals surface area contributed by atoms with Crippen LogP contribution in [0.25, 0.3) is 0 Å². The van der Waals surface area contributed by atoms with Gasteiger partial charge in [-0.2, -0.15) is 4.31 Å². The molecular formula is C17H20N2O4S2. The van der Waals surface area contributed by atoms with E-state index in [1.54, 1.807) is 31.4 Å². The Morgan fingerprint density at radius 2 is 1.84 bits per heavy atom. The van der Waals surface area contributed by atoms with Crippen molar-refractivity contribution in [2.75, 3.05) is 25.5 Å². The molecule has 2 heterocycles. The first-order valence-electron chi connectivity index (χ1n) is 8.05. The summed E-state index contributed by atoms with van der Waals surface area (Å²) in [7, 11) is -1.94. The van der Waals surface area contributed by atoms with Gasteiger partial charge in [0.25, 0.3) is 5.91 Å². The summed E-state index contributed by atoms with van der Waals surface area (Å²) in [5, 5.41) is 4.30. The summed E-state index contributed by atoms with van der Waals surface area (Å²) < 4.78 is 31.9. The van der Waals surface area contributed by atoms with E-state index in [9.17, 15) is 13.2 Å². The lowest BCUT2D eigenvalue weighted by atomic mass is 10.2. The summed E-state index contributed by atoms with van der Waals surface area (Å²) >= 11 is 1.13. The highest BCUT2D eigenvalue weighted by Gasteiger charge is 2.27. The van der Waals surface area contributed by atoms with Crippen LogP contribution >= 0.6 is 11.3 Å². The molecule has 8 heteroatoms. The molecule has 25 heavy (non-hydrogen) atoms. The number of anilines is 1. The first-order chi connectivity index (χ1) is 12.0. The van der Waals surface area contributed by atoms with E-state index in [4.69, 9.17) is 4.74 Å². The molecule has 1 aliphatic heterocycles. The largest absolute Gasteiger partial charge is 0.497 e. The van der Waals surface area contributed by atoms with Crippen LogP contribution in [0.5, 0.6) is 5.75 Å². The highest BCUT2D eigenvalue weighted by Crippen LogP contribution is 2.26. The zero-order valence-corrected chi connectivity index (χ0v) is 15.5. The van der Waals surface area contributed by atoms with Crippen LogP contribution in [0.2, 0.25) is 0 Å². The Kier molecular flexibility index (Phi) is 5.41. The minimum Gasteiger partial charge on any atom is -0.497 e. The van der Waals surface area contributed by atoms with E-state index < -0.39 is 10.0 Å². The van der Waals surface area contributed by atoms with Crippen LogP contribution in [0.4, 0.5) is 5.69 Å². The van der Waals surface area contributed by atoms with Crippen molar-refractivity contribution >= 4 is 33.0 Å². The van der Waals surface area contributed by atoms with Crippen LogP contribution in [-0.4, -0.2) is 38.8 Å². The smallest absolute Gasteiger partial charge is 0.265 e. The summed E-state index contributed by atoms with van der Waals surface area (Å²) in [6.07, 6.45) is 2.83. The second-order valence-electron chi connectivity index (χ2n) is 5.79. The number of thiophene rings is 1. The number of sulfonamides is 1. The number of carbonyl (C=O) groups excluding carboxylic acids is 1. The molecular weight excluding hydrogens is 360 g/mol. The Morgan fingerprint density at radius 1 is 1.16 bits per heavy atom. The van der Waals surface area contributed by atoms with Crippen LogP contribution < -0.4 is 10.1 Å². The molecule has 6 nitrogen and oxygen atoms in total. The Labute approximate surface area is 151 Å². The number of rotatable bonds is 5. The summed E-state index contributed by atoms with van der Waals surface area (Å²) in [5.41, 5.74) is 0.625. The van der Waals surface area contributed by atoms with Gasteiger partial charge in [0.05, 0.1) is 16.9 Å². The number of benzene rings is 1. The second-order valence-corrected chi connectivity index (χ2v) is 8.64. The molecule has 0 unspecified atom stereocenters. The summed E-state index contributed by atoms with van der Waals surface area (Å²) in [5.74, 6) is 0.374. The number of hydrogen-bond donors (Lipinski definition) is 1. The fraction of sp³-hybridized carbons (Fsp3) is 0.353. The van der Waals surface area contributed by atoms with Gasteiger partial charge in [0.15, 0.2) is 0 Å². The van der Waals surface area contributed by atoms with Gasteiger partial charge >= 0.3 is 0 Å². The van der Waals surface area contributed by atoms with Gasteiger partial charge in [-0.3, -0.25) is 4.79 Å². The molecule has 0 bridgehead atoms. The normalized spacial score (nSPS) is 15.7. The topological polar surface area (TPSA) is 75.7 Å². The highest BCUT2D eigenvalue weighted by molar-refractivity contribution is 7.89. The molecule has 0 atom stereocenters. The predicted molar refractivity (Wildman–Crippen MR) is 97.9 cm³/mol. The average Bonchev–Trinajstić information content (AvgIpc) is 3.14. The molecule has 134 valence electrons. The fourth-order valence-electron chi connectivity index (χ4n) is 2.69. The van der Waals surface area contributed by atoms with Gasteiger partial charge in [-0.1, -0.05) is 6.42 Å². The number of hydrogen-bond acceptors (Lipinski definition) is 5. The van der Waals surface area contributed by atoms with Crippen molar-refractivity contribution in [3.05, 3.63) is 40.6 Å². The number of nitrogens with one attached hydrogen (secondary N) is 1. The van der Waals surface area contributed by atoms with E-state index in [1.165, 1.54) is 15.8 Å². The molecule has 1 saturated heterocycles. The number of piperidine rings is 1. The number of amides is 1. The van der Waals surface area contributed by atoms with Crippen LogP contribution in [0.1, 0.15) is 28.9 Å². The lowest BCUT2D eigenvalue weighted by molar-refractivity contribution is 0.103. The molecule has 0 radical (unpaired) electrons. The maximum absolute atomic E-state index is 12.6. The molecule has 2 aromatic rings. The quantitative estimate of drug-likeness (QED) is 0.864. The third-order valence-corrected chi connectivity index (χ3v) is 7.05. The molecule has 3 rings (SSSR count). The average molecular weight is 380 g/mol. The minimum absolute atomic E-state index is 0.194. The SMILES string of the molecule is COc1ccc(NC(=O)c2cc(S(=O)(=O)N3CCCCC3)cs2)cc1. The number of ether oxygens (including phenoxy) is 1. The first-order valence-corrected chi connectivity index (χ1v) is 10.4. The summed E-state index contributed by atoms with van der Waals surface area (Å²) in [6.45, 7) is 1.09. The van der Waals surface area contributed by atoms with E-state index in [2.05, 4.69) is 5.32 Å². The Hall–Kier alpha value is -1.90. The van der Waals surface area contributed by atoms with E-state index in [0.717, 1.165) is 30.6 Å². The molecule has 1 aliphatic rings. The van der Waals surface area contributed by atoms with Crippen molar-refractivity contribution in [1.82, 2.24) is 4.31 Å². The zero-order chi connectivity index (χ0) is 17.9. The maximum Gasteiger partial charge on any atom is 0.265 e. The van der Waals surface area contributed by atoms with Crippen LogP contribution in [0.3, 0.4) is 0 Å². The molecule has 1 aromatic heterocycles. The van der Waals surface area contributed by atoms with Crippen LogP contribution in [0, 0.1) is 0 Å². The van der Waals surface area contributed by atoms with Crippen LogP contribution in [0.15, 0.2) is 40.6 Å².